The van der Waals surface area contributed by atoms with Gasteiger partial charge in [-0.05, 0) is 12.8 Å². The van der Waals surface area contributed by atoms with E-state index in [0.29, 0.717) is 30.0 Å². The highest BCUT2D eigenvalue weighted by Crippen LogP contribution is 2.33. The third-order valence-electron chi connectivity index (χ3n) is 4.89. The molecule has 8 nitrogen and oxygen atoms in total. The van der Waals surface area contributed by atoms with Crippen LogP contribution in [0.2, 0.25) is 0 Å². The normalized spacial score (nSPS) is 18.6. The van der Waals surface area contributed by atoms with E-state index in [0.717, 1.165) is 24.2 Å². The van der Waals surface area contributed by atoms with Gasteiger partial charge in [-0.1, -0.05) is 19.3 Å². The van der Waals surface area contributed by atoms with Gasteiger partial charge in [-0.3, -0.25) is 14.5 Å². The Morgan fingerprint density at radius 2 is 1.73 bits per heavy atom. The molecule has 1 aromatic carbocycles. The van der Waals surface area contributed by atoms with Crippen LogP contribution in [0.4, 0.5) is 10.5 Å². The number of amides is 4. The van der Waals surface area contributed by atoms with E-state index in [1.807, 2.05) is 0 Å². The van der Waals surface area contributed by atoms with Gasteiger partial charge in [0.15, 0.2) is 0 Å². The summed E-state index contributed by atoms with van der Waals surface area (Å²) in [6, 6.07) is 4.44. The quantitative estimate of drug-likeness (QED) is 0.781. The summed E-state index contributed by atoms with van der Waals surface area (Å²) in [7, 11) is 3.02. The van der Waals surface area contributed by atoms with E-state index < -0.39 is 17.5 Å². The standard InChI is InChI=1S/C18H23N3O5/c1-25-13-8-12(9-14(10-13)26-2)19-15(22)11-21-16(23)18(20-17(21)24)6-4-3-5-7-18/h8-10H,3-7,11H2,1-2H3,(H,19,22)(H,20,24). The van der Waals surface area contributed by atoms with Gasteiger partial charge in [-0.15, -0.1) is 0 Å². The zero-order valence-corrected chi connectivity index (χ0v) is 15.0. The van der Waals surface area contributed by atoms with E-state index in [9.17, 15) is 14.4 Å². The summed E-state index contributed by atoms with van der Waals surface area (Å²) in [5, 5.41) is 5.47. The highest BCUT2D eigenvalue weighted by Gasteiger charge is 2.51. The van der Waals surface area contributed by atoms with Crippen molar-refractivity contribution in [2.75, 3.05) is 26.1 Å². The molecule has 0 aromatic heterocycles. The largest absolute Gasteiger partial charge is 0.497 e. The summed E-state index contributed by atoms with van der Waals surface area (Å²) in [5.74, 6) is 0.281. The van der Waals surface area contributed by atoms with E-state index in [2.05, 4.69) is 10.6 Å². The number of nitrogens with one attached hydrogen (secondary N) is 2. The van der Waals surface area contributed by atoms with Crippen LogP contribution < -0.4 is 20.1 Å². The number of nitrogens with zero attached hydrogens (tertiary/aromatic N) is 1. The SMILES string of the molecule is COc1cc(NC(=O)CN2C(=O)NC3(CCCCC3)C2=O)cc(OC)c1. The van der Waals surface area contributed by atoms with Crippen molar-refractivity contribution in [2.24, 2.45) is 0 Å². The molecule has 1 aliphatic carbocycles. The van der Waals surface area contributed by atoms with Gasteiger partial charge in [0.25, 0.3) is 5.91 Å². The number of urea groups is 1. The van der Waals surface area contributed by atoms with Crippen molar-refractivity contribution in [3.63, 3.8) is 0 Å². The Balaban J connectivity index is 1.68. The number of ether oxygens (including phenoxy) is 2. The molecule has 2 fully saturated rings. The molecule has 140 valence electrons. The maximum absolute atomic E-state index is 12.7. The Kier molecular flexibility index (Phi) is 5.01. The van der Waals surface area contributed by atoms with Crippen molar-refractivity contribution >= 4 is 23.5 Å². The molecule has 26 heavy (non-hydrogen) atoms. The zero-order valence-electron chi connectivity index (χ0n) is 15.0. The lowest BCUT2D eigenvalue weighted by molar-refractivity contribution is -0.134. The van der Waals surface area contributed by atoms with Crippen LogP contribution in [0, 0.1) is 0 Å². The Bertz CT molecular complexity index is 705. The van der Waals surface area contributed by atoms with Crippen molar-refractivity contribution in [3.8, 4) is 11.5 Å². The van der Waals surface area contributed by atoms with Gasteiger partial charge >= 0.3 is 6.03 Å². The fourth-order valence-electron chi connectivity index (χ4n) is 3.54. The Hall–Kier alpha value is -2.77. The van der Waals surface area contributed by atoms with Crippen LogP contribution in [0.3, 0.4) is 0 Å². The minimum Gasteiger partial charge on any atom is -0.497 e. The molecule has 1 saturated carbocycles. The minimum atomic E-state index is -0.825. The maximum Gasteiger partial charge on any atom is 0.325 e. The molecule has 1 heterocycles. The van der Waals surface area contributed by atoms with Gasteiger partial charge < -0.3 is 20.1 Å². The molecule has 8 heteroatoms. The van der Waals surface area contributed by atoms with Crippen molar-refractivity contribution in [2.45, 2.75) is 37.6 Å². The summed E-state index contributed by atoms with van der Waals surface area (Å²) in [6.45, 7) is -0.327. The molecule has 1 spiro atoms. The molecular formula is C18H23N3O5. The number of rotatable bonds is 5. The monoisotopic (exact) mass is 361 g/mol. The lowest BCUT2D eigenvalue weighted by Crippen LogP contribution is -2.48. The second-order valence-electron chi connectivity index (χ2n) is 6.61. The molecule has 0 bridgehead atoms. The van der Waals surface area contributed by atoms with E-state index in [-0.39, 0.29) is 12.5 Å². The Morgan fingerprint density at radius 3 is 2.31 bits per heavy atom. The predicted molar refractivity (Wildman–Crippen MR) is 94.2 cm³/mol. The van der Waals surface area contributed by atoms with E-state index in [4.69, 9.17) is 9.47 Å². The second kappa shape index (κ2) is 7.23. The first-order chi connectivity index (χ1) is 12.5. The number of hydrogen-bond acceptors (Lipinski definition) is 5. The average Bonchev–Trinajstić information content (AvgIpc) is 2.86. The third-order valence-corrected chi connectivity index (χ3v) is 4.89. The van der Waals surface area contributed by atoms with Gasteiger partial charge in [-0.2, -0.15) is 0 Å². The first kappa shape index (κ1) is 18.0. The summed E-state index contributed by atoms with van der Waals surface area (Å²) in [5.41, 5.74) is -0.361. The molecule has 4 amide bonds. The van der Waals surface area contributed by atoms with Crippen LogP contribution in [-0.2, 0) is 9.59 Å². The molecule has 1 aromatic rings. The number of imide groups is 1. The van der Waals surface area contributed by atoms with Crippen molar-refractivity contribution in [3.05, 3.63) is 18.2 Å². The molecule has 3 rings (SSSR count). The average molecular weight is 361 g/mol. The van der Waals surface area contributed by atoms with E-state index in [1.54, 1.807) is 18.2 Å². The smallest absolute Gasteiger partial charge is 0.325 e. The van der Waals surface area contributed by atoms with Crippen LogP contribution >= 0.6 is 0 Å². The third kappa shape index (κ3) is 3.44. The number of carbonyl (C=O) groups excluding carboxylic acids is 3. The van der Waals surface area contributed by atoms with Gasteiger partial charge in [0.1, 0.15) is 23.6 Å². The summed E-state index contributed by atoms with van der Waals surface area (Å²) in [4.78, 5) is 38.3. The molecule has 1 aliphatic heterocycles. The van der Waals surface area contributed by atoms with Crippen molar-refractivity contribution in [1.82, 2.24) is 10.2 Å². The molecule has 2 aliphatic rings. The van der Waals surface area contributed by atoms with E-state index in [1.165, 1.54) is 14.2 Å². The van der Waals surface area contributed by atoms with Crippen LogP contribution in [-0.4, -0.2) is 49.0 Å². The lowest BCUT2D eigenvalue weighted by atomic mass is 9.82. The highest BCUT2D eigenvalue weighted by molar-refractivity contribution is 6.10. The van der Waals surface area contributed by atoms with Gasteiger partial charge in [0.2, 0.25) is 5.91 Å². The van der Waals surface area contributed by atoms with E-state index >= 15 is 0 Å². The maximum atomic E-state index is 12.7. The number of carbonyl (C=O) groups is 3. The molecule has 1 saturated heterocycles. The van der Waals surface area contributed by atoms with Crippen molar-refractivity contribution in [1.29, 1.82) is 0 Å². The fraction of sp³-hybridized carbons (Fsp3) is 0.500. The summed E-state index contributed by atoms with van der Waals surface area (Å²) in [6.07, 6.45) is 4.11. The predicted octanol–water partition coefficient (Wildman–Crippen LogP) is 1.90. The topological polar surface area (TPSA) is 97.0 Å². The van der Waals surface area contributed by atoms with Crippen LogP contribution in [0.5, 0.6) is 11.5 Å². The van der Waals surface area contributed by atoms with Gasteiger partial charge in [0, 0.05) is 23.9 Å². The molecule has 2 N–H and O–H groups in total. The van der Waals surface area contributed by atoms with Crippen LogP contribution in [0.1, 0.15) is 32.1 Å². The number of hydrogen-bond donors (Lipinski definition) is 2. The number of anilines is 1. The summed E-state index contributed by atoms with van der Waals surface area (Å²) >= 11 is 0. The second-order valence-corrected chi connectivity index (χ2v) is 6.61. The van der Waals surface area contributed by atoms with Crippen LogP contribution in [0.25, 0.3) is 0 Å². The lowest BCUT2D eigenvalue weighted by Gasteiger charge is -2.30. The first-order valence-electron chi connectivity index (χ1n) is 8.64. The number of methoxy groups -OCH3 is 2. The van der Waals surface area contributed by atoms with Crippen molar-refractivity contribution < 1.29 is 23.9 Å². The van der Waals surface area contributed by atoms with Gasteiger partial charge in [0.05, 0.1) is 14.2 Å². The molecule has 0 atom stereocenters. The molecule has 0 radical (unpaired) electrons. The molecular weight excluding hydrogens is 338 g/mol. The first-order valence-corrected chi connectivity index (χ1v) is 8.64. The van der Waals surface area contributed by atoms with Gasteiger partial charge in [-0.25, -0.2) is 4.79 Å². The Morgan fingerprint density at radius 1 is 1.12 bits per heavy atom. The molecule has 0 unspecified atom stereocenters. The zero-order chi connectivity index (χ0) is 18.7. The Labute approximate surface area is 151 Å². The number of benzene rings is 1. The minimum absolute atomic E-state index is 0.305. The fourth-order valence-corrected chi connectivity index (χ4v) is 3.54. The highest BCUT2D eigenvalue weighted by atomic mass is 16.5. The van der Waals surface area contributed by atoms with Crippen LogP contribution in [0.15, 0.2) is 18.2 Å². The summed E-state index contributed by atoms with van der Waals surface area (Å²) < 4.78 is 10.3.